The summed E-state index contributed by atoms with van der Waals surface area (Å²) in [4.78, 5) is 8.37. The van der Waals surface area contributed by atoms with Crippen LogP contribution < -0.4 is 0 Å². The van der Waals surface area contributed by atoms with E-state index in [0.29, 0.717) is 0 Å². The molecule has 0 aliphatic carbocycles. The van der Waals surface area contributed by atoms with E-state index in [1.54, 1.807) is 12.4 Å². The molecule has 0 saturated heterocycles. The van der Waals surface area contributed by atoms with Crippen molar-refractivity contribution < 1.29 is 13.7 Å². The summed E-state index contributed by atoms with van der Waals surface area (Å²) in [5.41, 5.74) is 3.13. The molecule has 22 heavy (non-hydrogen) atoms. The molecule has 0 N–H and O–H groups in total. The first-order valence-electron chi connectivity index (χ1n) is 6.67. The van der Waals surface area contributed by atoms with Crippen LogP contribution in [0.5, 0.6) is 0 Å². The Morgan fingerprint density at radius 3 is 1.50 bits per heavy atom. The normalized spacial score (nSPS) is 8.91. The van der Waals surface area contributed by atoms with Gasteiger partial charge in [-0.3, -0.25) is 9.97 Å². The molecule has 1 aromatic carbocycles. The molecule has 0 radical (unpaired) electrons. The number of nitrogens with zero attached hydrogens (tertiary/aromatic N) is 2. The Balaban J connectivity index is 0.000000211. The zero-order valence-corrected chi connectivity index (χ0v) is 14.6. The van der Waals surface area contributed by atoms with E-state index in [0.717, 1.165) is 17.8 Å². The van der Waals surface area contributed by atoms with E-state index in [1.165, 1.54) is 5.56 Å². The Morgan fingerprint density at radius 1 is 0.727 bits per heavy atom. The van der Waals surface area contributed by atoms with Crippen LogP contribution in [0, 0.1) is 6.92 Å². The summed E-state index contributed by atoms with van der Waals surface area (Å²) < 4.78 is 0. The van der Waals surface area contributed by atoms with Gasteiger partial charge in [0.1, 0.15) is 0 Å². The monoisotopic (exact) mass is 398 g/mol. The number of pyridine rings is 2. The molecule has 117 valence electrons. The number of aromatic nitrogens is 2. The maximum absolute atomic E-state index is 4.19. The van der Waals surface area contributed by atoms with Crippen molar-refractivity contribution in [3.8, 4) is 11.4 Å². The van der Waals surface area contributed by atoms with Gasteiger partial charge in [0.05, 0.1) is 11.4 Å². The van der Waals surface area contributed by atoms with E-state index in [9.17, 15) is 0 Å². The van der Waals surface area contributed by atoms with Crippen LogP contribution in [0.25, 0.3) is 11.4 Å². The van der Waals surface area contributed by atoms with Crippen molar-refractivity contribution in [2.45, 2.75) is 6.42 Å². The molecule has 4 heteroatoms. The SMILES string of the molecule is [CH2-]Cc1ccccc1.[Ni][Br].c1ccc(-c2ccccn2)nc1. The number of rotatable bonds is 2. The molecule has 0 unspecified atom stereocenters. The maximum Gasteiger partial charge on any atom is 0.0886 e. The Labute approximate surface area is 147 Å². The van der Waals surface area contributed by atoms with Crippen LogP contribution in [-0.4, -0.2) is 9.97 Å². The molecular weight excluding hydrogens is 383 g/mol. The van der Waals surface area contributed by atoms with Crippen molar-refractivity contribution in [3.05, 3.63) is 91.6 Å². The molecule has 3 aromatic rings. The Kier molecular flexibility index (Phi) is 10.2. The van der Waals surface area contributed by atoms with Gasteiger partial charge in [-0.2, -0.15) is 6.42 Å². The fourth-order valence-corrected chi connectivity index (χ4v) is 1.67. The number of hydrogen-bond donors (Lipinski definition) is 0. The maximum atomic E-state index is 4.19. The van der Waals surface area contributed by atoms with Crippen LogP contribution in [0.3, 0.4) is 0 Å². The fourth-order valence-electron chi connectivity index (χ4n) is 1.67. The summed E-state index contributed by atoms with van der Waals surface area (Å²) in [7, 11) is 0. The van der Waals surface area contributed by atoms with Crippen molar-refractivity contribution in [1.29, 1.82) is 0 Å². The summed E-state index contributed by atoms with van der Waals surface area (Å²) in [6, 6.07) is 21.8. The van der Waals surface area contributed by atoms with Crippen LogP contribution in [0.1, 0.15) is 5.56 Å². The first kappa shape index (κ1) is 18.5. The Bertz CT molecular complexity index is 566. The van der Waals surface area contributed by atoms with Gasteiger partial charge >= 0.3 is 27.9 Å². The van der Waals surface area contributed by atoms with E-state index in [-0.39, 0.29) is 0 Å². The summed E-state index contributed by atoms with van der Waals surface area (Å²) in [5.74, 6) is 0. The molecule has 2 aromatic heterocycles. The molecule has 3 rings (SSSR count). The molecule has 0 spiro atoms. The standard InChI is InChI=1S/C10H8N2.C8H9.BrH.Ni/c1-3-7-11-9(5-1)10-6-2-4-8-12-10;1-2-8-6-4-3-5-7-8;;/h1-8H;3-7H,1-2H2;1H;/q;-1;;+1/p-1. The van der Waals surface area contributed by atoms with E-state index >= 15 is 0 Å². The third-order valence-electron chi connectivity index (χ3n) is 2.72. The number of hydrogen-bond acceptors (Lipinski definition) is 2. The van der Waals surface area contributed by atoms with Crippen LogP contribution in [0.15, 0.2) is 79.1 Å². The van der Waals surface area contributed by atoms with Gasteiger partial charge < -0.3 is 6.92 Å². The quantitative estimate of drug-likeness (QED) is 0.445. The van der Waals surface area contributed by atoms with Gasteiger partial charge in [-0.25, -0.2) is 0 Å². The molecule has 0 bridgehead atoms. The van der Waals surface area contributed by atoms with Crippen LogP contribution in [0.2, 0.25) is 0 Å². The van der Waals surface area contributed by atoms with Gasteiger partial charge in [-0.1, -0.05) is 48.0 Å². The van der Waals surface area contributed by atoms with E-state index in [2.05, 4.69) is 56.9 Å². The van der Waals surface area contributed by atoms with Crippen LogP contribution in [0.4, 0.5) is 0 Å². The predicted octanol–water partition coefficient (Wildman–Crippen LogP) is 5.05. The fraction of sp³-hybridized carbons (Fsp3) is 0.0556. The zero-order chi connectivity index (χ0) is 16.0. The third kappa shape index (κ3) is 6.97. The van der Waals surface area contributed by atoms with Crippen LogP contribution in [-0.2, 0) is 20.1 Å². The molecule has 0 aliphatic heterocycles. The molecule has 0 fully saturated rings. The first-order valence-corrected chi connectivity index (χ1v) is 9.12. The van der Waals surface area contributed by atoms with Gasteiger partial charge in [0.25, 0.3) is 0 Å². The molecule has 2 nitrogen and oxygen atoms in total. The first-order chi connectivity index (χ1) is 10.9. The van der Waals surface area contributed by atoms with Crippen molar-refractivity contribution in [2.75, 3.05) is 0 Å². The topological polar surface area (TPSA) is 25.8 Å². The van der Waals surface area contributed by atoms with Crippen molar-refractivity contribution >= 4 is 14.2 Å². The number of halogens is 1. The van der Waals surface area contributed by atoms with Crippen molar-refractivity contribution in [2.24, 2.45) is 0 Å². The second-order valence-corrected chi connectivity index (χ2v) is 4.17. The van der Waals surface area contributed by atoms with Gasteiger partial charge in [0, 0.05) is 12.4 Å². The summed E-state index contributed by atoms with van der Waals surface area (Å²) in [6.45, 7) is 3.76. The minimum Gasteiger partial charge on any atom is -0.255 e. The van der Waals surface area contributed by atoms with Gasteiger partial charge in [-0.05, 0) is 24.3 Å². The molecule has 2 heterocycles. The minimum absolute atomic E-state index is 0.890. The molecule has 0 aliphatic rings. The zero-order valence-electron chi connectivity index (χ0n) is 12.0. The van der Waals surface area contributed by atoms with Crippen LogP contribution >= 0.6 is 14.2 Å². The van der Waals surface area contributed by atoms with Crippen molar-refractivity contribution in [1.82, 2.24) is 9.97 Å². The Hall–Kier alpha value is -1.51. The minimum atomic E-state index is 0.890. The summed E-state index contributed by atoms with van der Waals surface area (Å²) in [5, 5.41) is 0. The summed E-state index contributed by atoms with van der Waals surface area (Å²) >= 11 is 6.25. The third-order valence-corrected chi connectivity index (χ3v) is 2.72. The smallest absolute Gasteiger partial charge is 0.0886 e. The average molecular weight is 400 g/mol. The molecule has 0 saturated carbocycles. The van der Waals surface area contributed by atoms with E-state index in [4.69, 9.17) is 0 Å². The second kappa shape index (κ2) is 12.1. The molecule has 0 amide bonds. The average Bonchev–Trinajstić information content (AvgIpc) is 2.66. The van der Waals surface area contributed by atoms with E-state index < -0.39 is 0 Å². The predicted molar refractivity (Wildman–Crippen MR) is 91.9 cm³/mol. The largest absolute Gasteiger partial charge is 0.255 e. The van der Waals surface area contributed by atoms with E-state index in [1.807, 2.05) is 54.6 Å². The number of benzene rings is 1. The van der Waals surface area contributed by atoms with Crippen molar-refractivity contribution in [3.63, 3.8) is 0 Å². The summed E-state index contributed by atoms with van der Waals surface area (Å²) in [6.07, 6.45) is 4.43. The molecule has 0 atom stereocenters. The van der Waals surface area contributed by atoms with Gasteiger partial charge in [0.15, 0.2) is 0 Å². The molecular formula is C18H17BrN2Ni-. The van der Waals surface area contributed by atoms with Gasteiger partial charge in [-0.15, -0.1) is 0 Å². The second-order valence-electron chi connectivity index (χ2n) is 4.17. The van der Waals surface area contributed by atoms with Gasteiger partial charge in [0.2, 0.25) is 0 Å². The Morgan fingerprint density at radius 2 is 1.18 bits per heavy atom.